The molecule has 9 nitrogen and oxygen atoms in total. The lowest BCUT2D eigenvalue weighted by atomic mass is 10.0. The van der Waals surface area contributed by atoms with E-state index >= 15 is 0 Å². The summed E-state index contributed by atoms with van der Waals surface area (Å²) in [6.45, 7) is 0.723. The van der Waals surface area contributed by atoms with Gasteiger partial charge in [0.05, 0.1) is 30.0 Å². The third kappa shape index (κ3) is 4.96. The predicted molar refractivity (Wildman–Crippen MR) is 155 cm³/mol. The molecule has 1 saturated carbocycles. The predicted octanol–water partition coefficient (Wildman–Crippen LogP) is 3.62. The third-order valence-corrected chi connectivity index (χ3v) is 7.67. The van der Waals surface area contributed by atoms with Crippen LogP contribution in [-0.2, 0) is 13.6 Å². The van der Waals surface area contributed by atoms with Crippen LogP contribution in [0.1, 0.15) is 35.2 Å². The summed E-state index contributed by atoms with van der Waals surface area (Å²) in [5.74, 6) is -0.276. The number of ketones is 1. The number of Topliss-reactive ketones (excluding diaryl/α,β-unsaturated/α-hetero) is 1. The van der Waals surface area contributed by atoms with Crippen LogP contribution in [0.4, 0.5) is 15.9 Å². The van der Waals surface area contributed by atoms with Crippen molar-refractivity contribution in [3.8, 4) is 5.69 Å². The molecule has 0 radical (unpaired) electrons. The smallest absolute Gasteiger partial charge is 0.336 e. The summed E-state index contributed by atoms with van der Waals surface area (Å²) < 4.78 is 18.8. The maximum Gasteiger partial charge on any atom is 0.336 e. The molecule has 11 heteroatoms. The normalized spacial score (nSPS) is 13.2. The average Bonchev–Trinajstić information content (AvgIpc) is 3.73. The first kappa shape index (κ1) is 27.0. The van der Waals surface area contributed by atoms with Crippen LogP contribution in [-0.4, -0.2) is 31.2 Å². The molecule has 0 saturated heterocycles. The molecule has 5 rings (SSSR count). The van der Waals surface area contributed by atoms with Crippen LogP contribution in [0.15, 0.2) is 56.8 Å². The van der Waals surface area contributed by atoms with E-state index in [1.807, 2.05) is 22.6 Å². The monoisotopic (exact) mass is 644 g/mol. The summed E-state index contributed by atoms with van der Waals surface area (Å²) in [6, 6.07) is 11.0. The van der Waals surface area contributed by atoms with E-state index in [2.05, 4.69) is 5.32 Å². The highest BCUT2D eigenvalue weighted by Gasteiger charge is 2.26. The number of hydrogen-bond acceptors (Lipinski definition) is 6. The molecular formula is C28H26FIN4O5. The van der Waals surface area contributed by atoms with Gasteiger partial charge in [0.25, 0.3) is 11.1 Å². The molecule has 1 aliphatic rings. The van der Waals surface area contributed by atoms with Crippen molar-refractivity contribution in [1.82, 2.24) is 13.7 Å². The van der Waals surface area contributed by atoms with E-state index in [1.165, 1.54) is 35.2 Å². The van der Waals surface area contributed by atoms with E-state index in [0.717, 1.165) is 17.4 Å². The molecule has 0 unspecified atom stereocenters. The number of aryl methyl sites for hydroxylation is 1. The zero-order chi connectivity index (χ0) is 28.0. The number of pyridine rings is 1. The van der Waals surface area contributed by atoms with Gasteiger partial charge in [-0.2, -0.15) is 0 Å². The van der Waals surface area contributed by atoms with Crippen molar-refractivity contribution in [2.75, 3.05) is 11.9 Å². The van der Waals surface area contributed by atoms with Gasteiger partial charge in [-0.1, -0.05) is 12.1 Å². The lowest BCUT2D eigenvalue weighted by Gasteiger charge is -2.20. The molecule has 2 aromatic heterocycles. The van der Waals surface area contributed by atoms with Gasteiger partial charge in [-0.25, -0.2) is 9.18 Å². The fourth-order valence-electron chi connectivity index (χ4n) is 4.76. The van der Waals surface area contributed by atoms with Gasteiger partial charge in [-0.3, -0.25) is 28.1 Å². The summed E-state index contributed by atoms with van der Waals surface area (Å²) in [5, 5.41) is 12.5. The molecule has 2 heterocycles. The Balaban J connectivity index is 1.84. The van der Waals surface area contributed by atoms with Gasteiger partial charge in [0, 0.05) is 28.2 Å². The molecule has 0 amide bonds. The highest BCUT2D eigenvalue weighted by atomic mass is 127. The highest BCUT2D eigenvalue weighted by Crippen LogP contribution is 2.34. The molecule has 39 heavy (non-hydrogen) atoms. The van der Waals surface area contributed by atoms with Crippen molar-refractivity contribution in [3.05, 3.63) is 94.2 Å². The number of aliphatic hydroxyl groups excluding tert-OH is 1. The van der Waals surface area contributed by atoms with E-state index in [-0.39, 0.29) is 40.3 Å². The average molecular weight is 644 g/mol. The number of carbonyl (C=O) groups is 1. The molecule has 1 aliphatic carbocycles. The summed E-state index contributed by atoms with van der Waals surface area (Å²) in [5.41, 5.74) is -1.09. The minimum Gasteiger partial charge on any atom is -0.395 e. The molecule has 0 atom stereocenters. The number of anilines is 2. The number of aromatic nitrogens is 3. The van der Waals surface area contributed by atoms with Crippen molar-refractivity contribution < 1.29 is 14.3 Å². The number of rotatable bonds is 8. The first-order valence-electron chi connectivity index (χ1n) is 12.5. The first-order chi connectivity index (χ1) is 18.6. The van der Waals surface area contributed by atoms with Crippen LogP contribution in [0.25, 0.3) is 16.6 Å². The number of benzene rings is 2. The number of halogens is 2. The summed E-state index contributed by atoms with van der Waals surface area (Å²) in [6.07, 6.45) is 2.44. The van der Waals surface area contributed by atoms with Crippen molar-refractivity contribution in [2.45, 2.75) is 32.7 Å². The van der Waals surface area contributed by atoms with Gasteiger partial charge in [-0.05, 0) is 78.6 Å². The number of nitrogens with one attached hydrogen (secondary N) is 1. The van der Waals surface area contributed by atoms with Crippen LogP contribution < -0.4 is 22.1 Å². The molecule has 4 aromatic rings. The largest absolute Gasteiger partial charge is 0.395 e. The van der Waals surface area contributed by atoms with Crippen molar-refractivity contribution in [2.24, 2.45) is 13.0 Å². The Kier molecular flexibility index (Phi) is 7.29. The van der Waals surface area contributed by atoms with Crippen LogP contribution in [0.3, 0.4) is 0 Å². The van der Waals surface area contributed by atoms with Crippen molar-refractivity contribution >= 4 is 50.8 Å². The van der Waals surface area contributed by atoms with Gasteiger partial charge < -0.3 is 10.4 Å². The Labute approximate surface area is 235 Å². The Morgan fingerprint density at radius 3 is 2.54 bits per heavy atom. The first-order valence-corrected chi connectivity index (χ1v) is 13.6. The minimum atomic E-state index is -0.768. The third-order valence-electron chi connectivity index (χ3n) is 7.00. The quantitative estimate of drug-likeness (QED) is 0.224. The minimum absolute atomic E-state index is 0.00730. The molecule has 2 aromatic carbocycles. The standard InChI is InChI=1S/C28H26FIN4O5/c1-15-24-23(25(32(2)26(15)37)31-21-9-8-18(30)14-20(21)29)27(38)33(10-11-35)28(39)34(24)19-5-3-4-17(13-19)22(36)12-16-6-7-16/h3-5,8-9,13-14,16,31,35H,6-7,10-12H2,1-2H3. The van der Waals surface area contributed by atoms with Crippen LogP contribution in [0, 0.1) is 22.2 Å². The van der Waals surface area contributed by atoms with E-state index in [4.69, 9.17) is 0 Å². The second-order valence-corrected chi connectivity index (χ2v) is 11.0. The summed E-state index contributed by atoms with van der Waals surface area (Å²) in [4.78, 5) is 53.7. The molecule has 202 valence electrons. The summed E-state index contributed by atoms with van der Waals surface area (Å²) >= 11 is 1.97. The SMILES string of the molecule is Cc1c(=O)n(C)c(Nc2ccc(I)cc2F)c2c(=O)n(CCO)c(=O)n(-c3cccc(C(=O)CC4CC4)c3)c12. The van der Waals surface area contributed by atoms with E-state index in [1.54, 1.807) is 30.3 Å². The maximum absolute atomic E-state index is 14.8. The number of aliphatic hydroxyl groups is 1. The van der Waals surface area contributed by atoms with E-state index in [0.29, 0.717) is 27.2 Å². The lowest BCUT2D eigenvalue weighted by Crippen LogP contribution is -2.42. The van der Waals surface area contributed by atoms with Gasteiger partial charge in [0.1, 0.15) is 17.0 Å². The molecule has 1 fully saturated rings. The van der Waals surface area contributed by atoms with Crippen LogP contribution in [0.2, 0.25) is 0 Å². The Hall–Kier alpha value is -3.58. The van der Waals surface area contributed by atoms with E-state index < -0.39 is 29.2 Å². The fourth-order valence-corrected chi connectivity index (χ4v) is 5.22. The zero-order valence-corrected chi connectivity index (χ0v) is 23.5. The van der Waals surface area contributed by atoms with Gasteiger partial charge in [0.2, 0.25) is 0 Å². The second kappa shape index (κ2) is 10.5. The number of nitrogens with zero attached hydrogens (tertiary/aromatic N) is 3. The summed E-state index contributed by atoms with van der Waals surface area (Å²) in [7, 11) is 1.45. The molecule has 0 spiro atoms. The molecule has 0 aliphatic heterocycles. The van der Waals surface area contributed by atoms with E-state index in [9.17, 15) is 28.7 Å². The van der Waals surface area contributed by atoms with Crippen molar-refractivity contribution in [1.29, 1.82) is 0 Å². The van der Waals surface area contributed by atoms with Crippen LogP contribution in [0.5, 0.6) is 0 Å². The van der Waals surface area contributed by atoms with Crippen molar-refractivity contribution in [3.63, 3.8) is 0 Å². The Morgan fingerprint density at radius 1 is 1.13 bits per heavy atom. The number of fused-ring (bicyclic) bond motifs is 1. The maximum atomic E-state index is 14.8. The number of carbonyl (C=O) groups excluding carboxylic acids is 1. The second-order valence-electron chi connectivity index (χ2n) is 9.73. The van der Waals surface area contributed by atoms with Crippen LogP contribution >= 0.6 is 22.6 Å². The Morgan fingerprint density at radius 2 is 1.87 bits per heavy atom. The molecule has 0 bridgehead atoms. The van der Waals surface area contributed by atoms with Gasteiger partial charge in [0.15, 0.2) is 5.78 Å². The topological polar surface area (TPSA) is 115 Å². The van der Waals surface area contributed by atoms with Gasteiger partial charge in [-0.15, -0.1) is 0 Å². The lowest BCUT2D eigenvalue weighted by molar-refractivity contribution is 0.0976. The Bertz CT molecular complexity index is 1820. The number of hydrogen-bond donors (Lipinski definition) is 2. The molecule has 2 N–H and O–H groups in total. The highest BCUT2D eigenvalue weighted by molar-refractivity contribution is 14.1. The van der Waals surface area contributed by atoms with Gasteiger partial charge >= 0.3 is 5.69 Å². The molecular weight excluding hydrogens is 618 g/mol. The zero-order valence-electron chi connectivity index (χ0n) is 21.3. The fraction of sp³-hybridized carbons (Fsp3) is 0.286.